The minimum atomic E-state index is -1.75. The van der Waals surface area contributed by atoms with E-state index in [1.54, 1.807) is 18.2 Å². The van der Waals surface area contributed by atoms with E-state index < -0.39 is 9.96 Å². The number of carbonyl (C=O) groups is 1. The molecule has 1 aromatic carbocycles. The Bertz CT molecular complexity index is 622. The van der Waals surface area contributed by atoms with Crippen molar-refractivity contribution >= 4 is 69.6 Å². The predicted octanol–water partition coefficient (Wildman–Crippen LogP) is 8.92. The fourth-order valence-corrected chi connectivity index (χ4v) is 3.82. The minimum absolute atomic E-state index is 0.173. The molecule has 0 aliphatic carbocycles. The van der Waals surface area contributed by atoms with Gasteiger partial charge in [-0.3, -0.25) is 4.79 Å². The molecular formula is C22H33Cl5N2O. The first kappa shape index (κ1) is 28.0. The molecule has 0 spiro atoms. The molecule has 172 valence electrons. The average molecular weight is 519 g/mol. The van der Waals surface area contributed by atoms with Gasteiger partial charge in [0, 0.05) is 11.4 Å². The zero-order valence-electron chi connectivity index (χ0n) is 17.6. The quantitative estimate of drug-likeness (QED) is 0.138. The lowest BCUT2D eigenvalue weighted by Crippen LogP contribution is -2.49. The maximum Gasteiger partial charge on any atom is 0.228 e. The zero-order chi connectivity index (χ0) is 22.4. The van der Waals surface area contributed by atoms with Crippen LogP contribution in [-0.4, -0.2) is 15.9 Å². The maximum absolute atomic E-state index is 12.3. The van der Waals surface area contributed by atoms with Gasteiger partial charge in [-0.05, 0) is 24.6 Å². The number of nitrogens with one attached hydrogen (secondary N) is 2. The van der Waals surface area contributed by atoms with E-state index in [-0.39, 0.29) is 5.91 Å². The first-order valence-electron chi connectivity index (χ1n) is 10.8. The molecule has 30 heavy (non-hydrogen) atoms. The first-order valence-corrected chi connectivity index (χ1v) is 12.7. The average Bonchev–Trinajstić information content (AvgIpc) is 2.67. The summed E-state index contributed by atoms with van der Waals surface area (Å²) in [6.07, 6.45) is 12.9. The van der Waals surface area contributed by atoms with E-state index in [4.69, 9.17) is 58.0 Å². The third-order valence-electron chi connectivity index (χ3n) is 4.87. The normalized spacial score (nSPS) is 12.6. The zero-order valence-corrected chi connectivity index (χ0v) is 21.4. The van der Waals surface area contributed by atoms with Crippen LogP contribution in [0.1, 0.15) is 84.0 Å². The van der Waals surface area contributed by atoms with Gasteiger partial charge in [0.15, 0.2) is 0 Å². The molecule has 1 amide bonds. The molecule has 0 unspecified atom stereocenters. The number of anilines is 1. The molecule has 0 saturated heterocycles. The van der Waals surface area contributed by atoms with Crippen LogP contribution in [0.2, 0.25) is 10.0 Å². The molecule has 0 aromatic heterocycles. The minimum Gasteiger partial charge on any atom is -0.361 e. The van der Waals surface area contributed by atoms with E-state index in [1.165, 1.54) is 51.4 Å². The van der Waals surface area contributed by atoms with Crippen molar-refractivity contribution in [2.75, 3.05) is 5.32 Å². The molecule has 0 aliphatic heterocycles. The van der Waals surface area contributed by atoms with E-state index in [2.05, 4.69) is 17.6 Å². The topological polar surface area (TPSA) is 41.1 Å². The summed E-state index contributed by atoms with van der Waals surface area (Å²) in [6.45, 7) is 2.24. The molecule has 1 rings (SSSR count). The van der Waals surface area contributed by atoms with Crippen molar-refractivity contribution in [1.82, 2.24) is 5.32 Å². The fraction of sp³-hybridized carbons (Fsp3) is 0.682. The van der Waals surface area contributed by atoms with Crippen molar-refractivity contribution in [2.24, 2.45) is 0 Å². The number of amides is 1. The summed E-state index contributed by atoms with van der Waals surface area (Å²) in [7, 11) is 0. The third-order valence-corrected chi connectivity index (χ3v) is 6.09. The van der Waals surface area contributed by atoms with Crippen LogP contribution in [-0.2, 0) is 4.79 Å². The van der Waals surface area contributed by atoms with Crippen LogP contribution in [0.25, 0.3) is 0 Å². The van der Waals surface area contributed by atoms with Crippen LogP contribution in [0.3, 0.4) is 0 Å². The van der Waals surface area contributed by atoms with Crippen LogP contribution in [0.5, 0.6) is 0 Å². The van der Waals surface area contributed by atoms with Gasteiger partial charge in [-0.25, -0.2) is 0 Å². The number of benzene rings is 1. The van der Waals surface area contributed by atoms with Crippen LogP contribution in [0, 0.1) is 0 Å². The van der Waals surface area contributed by atoms with Gasteiger partial charge in [0.25, 0.3) is 0 Å². The monoisotopic (exact) mass is 516 g/mol. The fourth-order valence-electron chi connectivity index (χ4n) is 3.15. The second kappa shape index (κ2) is 15.7. The molecule has 2 N–H and O–H groups in total. The van der Waals surface area contributed by atoms with E-state index in [0.717, 1.165) is 19.3 Å². The lowest BCUT2D eigenvalue weighted by molar-refractivity contribution is -0.121. The number of hydrogen-bond acceptors (Lipinski definition) is 2. The summed E-state index contributed by atoms with van der Waals surface area (Å²) in [5.41, 5.74) is 0.482. The van der Waals surface area contributed by atoms with Gasteiger partial charge in [0.2, 0.25) is 9.70 Å². The lowest BCUT2D eigenvalue weighted by Gasteiger charge is -2.28. The first-order chi connectivity index (χ1) is 14.2. The summed E-state index contributed by atoms with van der Waals surface area (Å²) in [5.74, 6) is -0.173. The molecule has 1 atom stereocenters. The molecule has 0 heterocycles. The summed E-state index contributed by atoms with van der Waals surface area (Å²) < 4.78 is -1.75. The molecule has 0 fully saturated rings. The Kier molecular flexibility index (Phi) is 14.6. The van der Waals surface area contributed by atoms with Crippen molar-refractivity contribution in [1.29, 1.82) is 0 Å². The molecule has 0 radical (unpaired) electrons. The predicted molar refractivity (Wildman–Crippen MR) is 133 cm³/mol. The Balaban J connectivity index is 2.27. The Labute approximate surface area is 206 Å². The molecule has 8 heteroatoms. The highest BCUT2D eigenvalue weighted by Crippen LogP contribution is 2.33. The smallest absolute Gasteiger partial charge is 0.228 e. The van der Waals surface area contributed by atoms with Crippen molar-refractivity contribution in [2.45, 2.75) is 93.9 Å². The Hall–Kier alpha value is -0.0600. The van der Waals surface area contributed by atoms with Gasteiger partial charge in [-0.15, -0.1) is 0 Å². The highest BCUT2D eigenvalue weighted by molar-refractivity contribution is 6.68. The van der Waals surface area contributed by atoms with E-state index in [9.17, 15) is 4.79 Å². The molecule has 0 saturated carbocycles. The van der Waals surface area contributed by atoms with Gasteiger partial charge in [0.1, 0.15) is 6.17 Å². The van der Waals surface area contributed by atoms with Crippen LogP contribution >= 0.6 is 58.0 Å². The van der Waals surface area contributed by atoms with Gasteiger partial charge >= 0.3 is 0 Å². The summed E-state index contributed by atoms with van der Waals surface area (Å²) in [6, 6.07) is 4.91. The maximum atomic E-state index is 12.3. The van der Waals surface area contributed by atoms with Gasteiger partial charge in [-0.2, -0.15) is 0 Å². The second-order valence-corrected chi connectivity index (χ2v) is 10.8. The number of unbranched alkanes of at least 4 members (excludes halogenated alkanes) is 10. The SMILES string of the molecule is CCCCCCCCCCCCCC(=O)N[C@@H](Nc1cc(Cl)ccc1Cl)C(Cl)(Cl)Cl. The van der Waals surface area contributed by atoms with Crippen molar-refractivity contribution < 1.29 is 4.79 Å². The Morgan fingerprint density at radius 1 is 0.900 bits per heavy atom. The molecular weight excluding hydrogens is 486 g/mol. The summed E-state index contributed by atoms with van der Waals surface area (Å²) in [5, 5.41) is 6.60. The number of hydrogen-bond donors (Lipinski definition) is 2. The standard InChI is InChI=1S/C22H33Cl5N2O/c1-2-3-4-5-6-7-8-9-10-11-12-13-20(30)29-21(22(25,26)27)28-19-16-17(23)14-15-18(19)24/h14-16,21,28H,2-13H2,1H3,(H,29,30)/t21-/m1/s1. The van der Waals surface area contributed by atoms with Crippen molar-refractivity contribution in [3.05, 3.63) is 28.2 Å². The van der Waals surface area contributed by atoms with Gasteiger partial charge in [0.05, 0.1) is 10.7 Å². The van der Waals surface area contributed by atoms with Gasteiger partial charge in [-0.1, -0.05) is 129 Å². The summed E-state index contributed by atoms with van der Waals surface area (Å²) in [4.78, 5) is 12.3. The molecule has 0 bridgehead atoms. The van der Waals surface area contributed by atoms with E-state index >= 15 is 0 Å². The lowest BCUT2D eigenvalue weighted by atomic mass is 10.1. The number of halogens is 5. The van der Waals surface area contributed by atoms with E-state index in [1.807, 2.05) is 0 Å². The van der Waals surface area contributed by atoms with Crippen LogP contribution in [0.15, 0.2) is 18.2 Å². The molecule has 0 aliphatic rings. The number of alkyl halides is 3. The second-order valence-electron chi connectivity index (χ2n) is 7.60. The molecule has 1 aromatic rings. The van der Waals surface area contributed by atoms with Crippen molar-refractivity contribution in [3.8, 4) is 0 Å². The Morgan fingerprint density at radius 3 is 1.97 bits per heavy atom. The Morgan fingerprint density at radius 2 is 1.43 bits per heavy atom. The number of carbonyl (C=O) groups excluding carboxylic acids is 1. The van der Waals surface area contributed by atoms with Crippen LogP contribution < -0.4 is 10.6 Å². The highest BCUT2D eigenvalue weighted by atomic mass is 35.6. The largest absolute Gasteiger partial charge is 0.361 e. The van der Waals surface area contributed by atoms with Gasteiger partial charge < -0.3 is 10.6 Å². The third kappa shape index (κ3) is 12.7. The number of rotatable bonds is 15. The molecule has 3 nitrogen and oxygen atoms in total. The van der Waals surface area contributed by atoms with Crippen molar-refractivity contribution in [3.63, 3.8) is 0 Å². The van der Waals surface area contributed by atoms with E-state index in [0.29, 0.717) is 22.2 Å². The summed E-state index contributed by atoms with van der Waals surface area (Å²) >= 11 is 30.2. The highest BCUT2D eigenvalue weighted by Gasteiger charge is 2.34. The van der Waals surface area contributed by atoms with Crippen LogP contribution in [0.4, 0.5) is 5.69 Å².